The van der Waals surface area contributed by atoms with Crippen molar-refractivity contribution in [3.63, 3.8) is 0 Å². The Hall–Kier alpha value is -3.05. The highest BCUT2D eigenvalue weighted by molar-refractivity contribution is 6.30. The molecule has 0 saturated heterocycles. The number of carbonyl (C=O) groups is 1. The molecule has 1 aromatic heterocycles. The third-order valence-corrected chi connectivity index (χ3v) is 6.90. The Labute approximate surface area is 200 Å². The smallest absolute Gasteiger partial charge is 0.162 e. The molecule has 1 aliphatic heterocycles. The topological polar surface area (TPSA) is 50.2 Å². The Balaban J connectivity index is 1.73. The van der Waals surface area contributed by atoms with E-state index in [0.29, 0.717) is 11.4 Å². The van der Waals surface area contributed by atoms with Crippen molar-refractivity contribution in [2.45, 2.75) is 39.5 Å². The molecule has 170 valence electrons. The van der Waals surface area contributed by atoms with Crippen molar-refractivity contribution in [3.8, 4) is 5.69 Å². The van der Waals surface area contributed by atoms with Crippen LogP contribution in [0.1, 0.15) is 49.4 Å². The summed E-state index contributed by atoms with van der Waals surface area (Å²) < 4.78 is 1.92. The number of nitrogens with zero attached hydrogens (tertiary/aromatic N) is 3. The quantitative estimate of drug-likeness (QED) is 0.513. The third-order valence-electron chi connectivity index (χ3n) is 6.67. The summed E-state index contributed by atoms with van der Waals surface area (Å²) >= 11 is 6.30. The van der Waals surface area contributed by atoms with Crippen LogP contribution in [0.2, 0.25) is 5.02 Å². The van der Waals surface area contributed by atoms with E-state index < -0.39 is 0 Å². The van der Waals surface area contributed by atoms with E-state index in [2.05, 4.69) is 48.3 Å². The molecule has 1 atom stereocenters. The lowest BCUT2D eigenvalue weighted by Gasteiger charge is -2.38. The number of rotatable bonds is 3. The van der Waals surface area contributed by atoms with Gasteiger partial charge in [-0.05, 0) is 54.7 Å². The standard InChI is InChI=1S/C27H29ClN4O/c1-16-23-24(17-9-11-19(12-10-17)31(4)5)25-21(14-27(2,3)15-22(25)33)29-26(23)32(30-16)20-8-6-7-18(28)13-20/h6-13,24,29H,14-15H2,1-5H3/t24-/m0/s1. The van der Waals surface area contributed by atoms with Crippen LogP contribution in [-0.2, 0) is 4.79 Å². The molecule has 33 heavy (non-hydrogen) atoms. The van der Waals surface area contributed by atoms with Crippen LogP contribution in [0.5, 0.6) is 0 Å². The summed E-state index contributed by atoms with van der Waals surface area (Å²) in [6.07, 6.45) is 1.37. The fourth-order valence-corrected chi connectivity index (χ4v) is 5.35. The van der Waals surface area contributed by atoms with E-state index in [-0.39, 0.29) is 17.1 Å². The summed E-state index contributed by atoms with van der Waals surface area (Å²) in [6.45, 7) is 6.34. The number of aryl methyl sites for hydroxylation is 1. The average Bonchev–Trinajstić information content (AvgIpc) is 3.07. The Morgan fingerprint density at radius 2 is 1.85 bits per heavy atom. The lowest BCUT2D eigenvalue weighted by molar-refractivity contribution is -0.118. The van der Waals surface area contributed by atoms with Crippen LogP contribution >= 0.6 is 11.6 Å². The number of allylic oxidation sites excluding steroid dienone is 2. The summed E-state index contributed by atoms with van der Waals surface area (Å²) in [7, 11) is 4.06. The average molecular weight is 461 g/mol. The summed E-state index contributed by atoms with van der Waals surface area (Å²) in [5.41, 5.74) is 6.90. The molecule has 2 heterocycles. The maximum Gasteiger partial charge on any atom is 0.162 e. The Morgan fingerprint density at radius 1 is 1.12 bits per heavy atom. The van der Waals surface area contributed by atoms with Gasteiger partial charge in [-0.3, -0.25) is 4.79 Å². The number of ketones is 1. The van der Waals surface area contributed by atoms with Gasteiger partial charge in [-0.2, -0.15) is 5.10 Å². The number of aromatic nitrogens is 2. The van der Waals surface area contributed by atoms with Gasteiger partial charge in [-0.15, -0.1) is 0 Å². The largest absolute Gasteiger partial charge is 0.378 e. The van der Waals surface area contributed by atoms with Crippen molar-refractivity contribution >= 4 is 28.9 Å². The number of Topliss-reactive ketones (excluding diaryl/α,β-unsaturated/α-hetero) is 1. The third kappa shape index (κ3) is 3.74. The maximum atomic E-state index is 13.5. The van der Waals surface area contributed by atoms with E-state index in [9.17, 15) is 4.79 Å². The van der Waals surface area contributed by atoms with E-state index in [0.717, 1.165) is 51.7 Å². The van der Waals surface area contributed by atoms with Gasteiger partial charge in [0.05, 0.1) is 11.4 Å². The van der Waals surface area contributed by atoms with Crippen LogP contribution in [0.3, 0.4) is 0 Å². The second kappa shape index (κ2) is 7.77. The van der Waals surface area contributed by atoms with Crippen LogP contribution in [0.15, 0.2) is 59.8 Å². The van der Waals surface area contributed by atoms with Crippen molar-refractivity contribution in [2.24, 2.45) is 5.41 Å². The molecule has 0 unspecified atom stereocenters. The number of hydrogen-bond acceptors (Lipinski definition) is 4. The van der Waals surface area contributed by atoms with Gasteiger partial charge in [0.2, 0.25) is 0 Å². The molecule has 1 N–H and O–H groups in total. The summed E-state index contributed by atoms with van der Waals surface area (Å²) in [5.74, 6) is 0.987. The molecule has 0 bridgehead atoms. The SMILES string of the molecule is Cc1nn(-c2cccc(Cl)c2)c2c1[C@H](c1ccc(N(C)C)cc1)C1=C(CC(C)(C)CC1=O)N2. The van der Waals surface area contributed by atoms with Crippen molar-refractivity contribution < 1.29 is 4.79 Å². The van der Waals surface area contributed by atoms with E-state index in [1.165, 1.54) is 0 Å². The molecule has 5 nitrogen and oxygen atoms in total. The molecular formula is C27H29ClN4O. The first-order valence-corrected chi connectivity index (χ1v) is 11.7. The normalized spacial score (nSPS) is 19.1. The predicted octanol–water partition coefficient (Wildman–Crippen LogP) is 6.10. The van der Waals surface area contributed by atoms with Crippen molar-refractivity contribution in [1.29, 1.82) is 0 Å². The van der Waals surface area contributed by atoms with Crippen LogP contribution < -0.4 is 10.2 Å². The monoisotopic (exact) mass is 460 g/mol. The number of fused-ring (bicyclic) bond motifs is 1. The van der Waals surface area contributed by atoms with Crippen LogP contribution in [-0.4, -0.2) is 29.7 Å². The molecule has 1 aliphatic carbocycles. The van der Waals surface area contributed by atoms with Gasteiger partial charge in [0.25, 0.3) is 0 Å². The van der Waals surface area contributed by atoms with Crippen LogP contribution in [0.25, 0.3) is 5.69 Å². The van der Waals surface area contributed by atoms with Gasteiger partial charge in [0, 0.05) is 54.0 Å². The summed E-state index contributed by atoms with van der Waals surface area (Å²) in [4.78, 5) is 15.6. The minimum absolute atomic E-state index is 0.0876. The molecule has 0 spiro atoms. The first-order chi connectivity index (χ1) is 15.6. The molecule has 0 radical (unpaired) electrons. The van der Waals surface area contributed by atoms with E-state index >= 15 is 0 Å². The number of hydrogen-bond donors (Lipinski definition) is 1. The fraction of sp³-hybridized carbons (Fsp3) is 0.333. The molecule has 3 aromatic rings. The number of nitrogens with one attached hydrogen (secondary N) is 1. The predicted molar refractivity (Wildman–Crippen MR) is 135 cm³/mol. The molecule has 2 aliphatic rings. The van der Waals surface area contributed by atoms with Crippen LogP contribution in [0, 0.1) is 12.3 Å². The van der Waals surface area contributed by atoms with Crippen molar-refractivity contribution in [1.82, 2.24) is 9.78 Å². The second-order valence-corrected chi connectivity index (χ2v) is 10.6. The Bertz CT molecular complexity index is 1280. The zero-order valence-electron chi connectivity index (χ0n) is 19.7. The van der Waals surface area contributed by atoms with Gasteiger partial charge in [-0.25, -0.2) is 4.68 Å². The lowest BCUT2D eigenvalue weighted by Crippen LogP contribution is -2.34. The second-order valence-electron chi connectivity index (χ2n) is 10.1. The first kappa shape index (κ1) is 21.8. The van der Waals surface area contributed by atoms with E-state index in [4.69, 9.17) is 16.7 Å². The Kier molecular flexibility index (Phi) is 5.13. The molecule has 6 heteroatoms. The molecule has 0 fully saturated rings. The summed E-state index contributed by atoms with van der Waals surface area (Å²) in [6, 6.07) is 16.2. The highest BCUT2D eigenvalue weighted by Gasteiger charge is 2.43. The van der Waals surface area contributed by atoms with Crippen LogP contribution in [0.4, 0.5) is 11.5 Å². The van der Waals surface area contributed by atoms with Gasteiger partial charge in [0.15, 0.2) is 5.78 Å². The van der Waals surface area contributed by atoms with E-state index in [1.54, 1.807) is 0 Å². The fourth-order valence-electron chi connectivity index (χ4n) is 5.17. The minimum Gasteiger partial charge on any atom is -0.378 e. The zero-order valence-corrected chi connectivity index (χ0v) is 20.5. The van der Waals surface area contributed by atoms with Gasteiger partial charge < -0.3 is 10.2 Å². The zero-order chi connectivity index (χ0) is 23.5. The van der Waals surface area contributed by atoms with Crippen molar-refractivity contribution in [3.05, 3.63) is 81.6 Å². The molecule has 2 aromatic carbocycles. The summed E-state index contributed by atoms with van der Waals surface area (Å²) in [5, 5.41) is 9.19. The molecule has 0 saturated carbocycles. The van der Waals surface area contributed by atoms with Crippen molar-refractivity contribution in [2.75, 3.05) is 24.3 Å². The lowest BCUT2D eigenvalue weighted by atomic mass is 9.69. The highest BCUT2D eigenvalue weighted by atomic mass is 35.5. The molecule has 5 rings (SSSR count). The van der Waals surface area contributed by atoms with Gasteiger partial charge >= 0.3 is 0 Å². The molecular weight excluding hydrogens is 432 g/mol. The number of carbonyl (C=O) groups excluding carboxylic acids is 1. The number of anilines is 2. The van der Waals surface area contributed by atoms with Gasteiger partial charge in [0.1, 0.15) is 5.82 Å². The number of benzene rings is 2. The highest BCUT2D eigenvalue weighted by Crippen LogP contribution is 2.50. The minimum atomic E-state index is -0.149. The maximum absolute atomic E-state index is 13.5. The number of halogens is 1. The Morgan fingerprint density at radius 3 is 2.52 bits per heavy atom. The molecule has 0 amide bonds. The van der Waals surface area contributed by atoms with Gasteiger partial charge in [-0.1, -0.05) is 43.6 Å². The van der Waals surface area contributed by atoms with E-state index in [1.807, 2.05) is 50.0 Å². The first-order valence-electron chi connectivity index (χ1n) is 11.3.